The van der Waals surface area contributed by atoms with E-state index < -0.39 is 15.4 Å². The molecule has 122 valence electrons. The van der Waals surface area contributed by atoms with Crippen LogP contribution in [0.15, 0.2) is 0 Å². The Morgan fingerprint density at radius 1 is 0.952 bits per heavy atom. The molecule has 0 rings (SSSR count). The van der Waals surface area contributed by atoms with Gasteiger partial charge in [-0.3, -0.25) is 0 Å². The molecule has 0 heterocycles. The maximum absolute atomic E-state index is 11.3. The van der Waals surface area contributed by atoms with Crippen LogP contribution in [0.1, 0.15) is 78.1 Å². The van der Waals surface area contributed by atoms with Crippen LogP contribution in [0.25, 0.3) is 0 Å². The van der Waals surface area contributed by atoms with Crippen LogP contribution in [0.3, 0.4) is 0 Å². The van der Waals surface area contributed by atoms with Gasteiger partial charge in [-0.05, 0) is 25.3 Å². The van der Waals surface area contributed by atoms with Crippen molar-refractivity contribution in [2.75, 3.05) is 6.54 Å². The fraction of sp³-hybridized carbons (Fsp3) is 1.00. The van der Waals surface area contributed by atoms with E-state index in [1.165, 1.54) is 32.1 Å². The predicted molar refractivity (Wildman–Crippen MR) is 83.5 cm³/mol. The zero-order chi connectivity index (χ0) is 15.4. The van der Waals surface area contributed by atoms with Crippen LogP contribution in [0, 0.1) is 5.92 Å². The zero-order valence-corrected chi connectivity index (χ0v) is 17.0. The van der Waals surface area contributed by atoms with E-state index in [2.05, 4.69) is 6.92 Å². The van der Waals surface area contributed by atoms with Gasteiger partial charge in [0, 0.05) is 0 Å². The number of hydrogen-bond donors (Lipinski definition) is 1. The Balaban J connectivity index is 0. The van der Waals surface area contributed by atoms with E-state index in [4.69, 9.17) is 5.73 Å². The van der Waals surface area contributed by atoms with E-state index in [0.717, 1.165) is 25.7 Å². The molecule has 0 aliphatic heterocycles. The zero-order valence-electron chi connectivity index (χ0n) is 14.1. The van der Waals surface area contributed by atoms with Crippen molar-refractivity contribution in [3.05, 3.63) is 0 Å². The van der Waals surface area contributed by atoms with Crippen molar-refractivity contribution in [1.82, 2.24) is 0 Å². The Kier molecular flexibility index (Phi) is 16.6. The van der Waals surface area contributed by atoms with Crippen molar-refractivity contribution in [1.29, 1.82) is 0 Å². The molecule has 0 aliphatic rings. The Morgan fingerprint density at radius 2 is 1.48 bits per heavy atom. The van der Waals surface area contributed by atoms with E-state index in [1.807, 2.05) is 6.92 Å². The fourth-order valence-corrected chi connectivity index (χ4v) is 4.02. The SMILES string of the molecule is CCCCCCCCCC(CC)C(CCN)S(=O)(=O)[O-].[Na+]. The summed E-state index contributed by atoms with van der Waals surface area (Å²) in [6.45, 7) is 4.42. The molecule has 6 heteroatoms. The van der Waals surface area contributed by atoms with E-state index in [-0.39, 0.29) is 42.0 Å². The van der Waals surface area contributed by atoms with E-state index >= 15 is 0 Å². The Hall–Kier alpha value is 0.870. The Morgan fingerprint density at radius 3 is 1.90 bits per heavy atom. The summed E-state index contributed by atoms with van der Waals surface area (Å²) in [5.41, 5.74) is 5.44. The van der Waals surface area contributed by atoms with Gasteiger partial charge in [0.1, 0.15) is 0 Å². The van der Waals surface area contributed by atoms with Gasteiger partial charge in [-0.15, -0.1) is 0 Å². The monoisotopic (exact) mass is 329 g/mol. The van der Waals surface area contributed by atoms with Crippen molar-refractivity contribution < 1.29 is 42.5 Å². The second kappa shape index (κ2) is 14.5. The fourth-order valence-electron chi connectivity index (χ4n) is 2.80. The molecule has 0 saturated heterocycles. The summed E-state index contributed by atoms with van der Waals surface area (Å²) in [5.74, 6) is -0.0308. The molecule has 2 unspecified atom stereocenters. The molecule has 4 nitrogen and oxygen atoms in total. The average Bonchev–Trinajstić information content (AvgIpc) is 2.39. The van der Waals surface area contributed by atoms with Crippen LogP contribution < -0.4 is 35.3 Å². The molecule has 0 fully saturated rings. The van der Waals surface area contributed by atoms with Gasteiger partial charge < -0.3 is 10.3 Å². The van der Waals surface area contributed by atoms with Crippen molar-refractivity contribution in [2.24, 2.45) is 11.7 Å². The van der Waals surface area contributed by atoms with Gasteiger partial charge in [0.15, 0.2) is 0 Å². The molecular weight excluding hydrogens is 297 g/mol. The number of hydrogen-bond acceptors (Lipinski definition) is 4. The first-order valence-corrected chi connectivity index (χ1v) is 9.59. The minimum Gasteiger partial charge on any atom is -0.748 e. The van der Waals surface area contributed by atoms with Crippen molar-refractivity contribution in [3.8, 4) is 0 Å². The third kappa shape index (κ3) is 12.0. The van der Waals surface area contributed by atoms with Crippen LogP contribution in [0.2, 0.25) is 0 Å². The summed E-state index contributed by atoms with van der Waals surface area (Å²) >= 11 is 0. The van der Waals surface area contributed by atoms with E-state index in [1.54, 1.807) is 0 Å². The first kappa shape index (κ1) is 24.1. The Bertz CT molecular complexity index is 323. The van der Waals surface area contributed by atoms with Gasteiger partial charge in [-0.1, -0.05) is 65.2 Å². The van der Waals surface area contributed by atoms with E-state index in [9.17, 15) is 13.0 Å². The summed E-state index contributed by atoms with van der Waals surface area (Å²) in [5, 5.41) is -0.794. The molecule has 0 aromatic carbocycles. The molecule has 0 aromatic rings. The second-order valence-corrected chi connectivity index (χ2v) is 7.28. The third-order valence-corrected chi connectivity index (χ3v) is 5.41. The first-order valence-electron chi connectivity index (χ1n) is 8.12. The molecule has 0 aliphatic carbocycles. The molecule has 0 bridgehead atoms. The largest absolute Gasteiger partial charge is 1.00 e. The standard InChI is InChI=1S/C15H33NO3S.Na/c1-3-5-6-7-8-9-10-11-14(4-2)15(12-13-16)20(17,18)19;/h14-15H,3-13,16H2,1-2H3,(H,17,18,19);/q;+1/p-1. The summed E-state index contributed by atoms with van der Waals surface area (Å²) < 4.78 is 34.0. The normalized spacial score (nSPS) is 14.5. The van der Waals surface area contributed by atoms with Gasteiger partial charge in [0.25, 0.3) is 0 Å². The first-order chi connectivity index (χ1) is 9.47. The molecule has 0 amide bonds. The minimum atomic E-state index is -4.22. The quantitative estimate of drug-likeness (QED) is 0.301. The predicted octanol–water partition coefficient (Wildman–Crippen LogP) is 0.420. The van der Waals surface area contributed by atoms with Crippen LogP contribution in [-0.2, 0) is 10.1 Å². The van der Waals surface area contributed by atoms with Crippen LogP contribution in [-0.4, -0.2) is 24.8 Å². The van der Waals surface area contributed by atoms with Gasteiger partial charge in [0.05, 0.1) is 15.4 Å². The Labute approximate surface area is 153 Å². The molecule has 21 heavy (non-hydrogen) atoms. The van der Waals surface area contributed by atoms with Crippen LogP contribution >= 0.6 is 0 Å². The maximum atomic E-state index is 11.3. The molecule has 2 atom stereocenters. The number of nitrogens with two attached hydrogens (primary N) is 1. The summed E-state index contributed by atoms with van der Waals surface area (Å²) in [6.07, 6.45) is 10.3. The van der Waals surface area contributed by atoms with Gasteiger partial charge in [-0.25, -0.2) is 8.42 Å². The third-order valence-electron chi connectivity index (χ3n) is 4.05. The van der Waals surface area contributed by atoms with Crippen molar-refractivity contribution >= 4 is 10.1 Å². The van der Waals surface area contributed by atoms with E-state index in [0.29, 0.717) is 6.42 Å². The molecule has 0 aromatic heterocycles. The molecule has 0 spiro atoms. The van der Waals surface area contributed by atoms with Gasteiger partial charge >= 0.3 is 29.6 Å². The minimum absolute atomic E-state index is 0. The maximum Gasteiger partial charge on any atom is 1.00 e. The molecule has 0 radical (unpaired) electrons. The smallest absolute Gasteiger partial charge is 0.748 e. The topological polar surface area (TPSA) is 83.2 Å². The van der Waals surface area contributed by atoms with Crippen LogP contribution in [0.5, 0.6) is 0 Å². The van der Waals surface area contributed by atoms with Gasteiger partial charge in [0.2, 0.25) is 0 Å². The summed E-state index contributed by atoms with van der Waals surface area (Å²) in [4.78, 5) is 0. The molecular formula is C15H32NNaO3S. The second-order valence-electron chi connectivity index (χ2n) is 5.69. The van der Waals surface area contributed by atoms with Gasteiger partial charge in [-0.2, -0.15) is 0 Å². The van der Waals surface area contributed by atoms with Crippen molar-refractivity contribution in [2.45, 2.75) is 83.3 Å². The molecule has 0 saturated carbocycles. The van der Waals surface area contributed by atoms with Crippen molar-refractivity contribution in [3.63, 3.8) is 0 Å². The average molecular weight is 329 g/mol. The van der Waals surface area contributed by atoms with Crippen LogP contribution in [0.4, 0.5) is 0 Å². The number of rotatable bonds is 13. The summed E-state index contributed by atoms with van der Waals surface area (Å²) in [6, 6.07) is 0. The molecule has 2 N–H and O–H groups in total. The summed E-state index contributed by atoms with van der Waals surface area (Å²) in [7, 11) is -4.22. The number of unbranched alkanes of at least 4 members (excludes halogenated alkanes) is 6.